The average Bonchev–Trinajstić information content (AvgIpc) is 3.40. The maximum Gasteiger partial charge on any atom is 0.482 e. The van der Waals surface area contributed by atoms with Crippen LogP contribution in [0, 0.1) is 17.3 Å². The van der Waals surface area contributed by atoms with Crippen molar-refractivity contribution in [2.75, 3.05) is 26.7 Å². The van der Waals surface area contributed by atoms with Gasteiger partial charge in [-0.2, -0.15) is 0 Å². The Morgan fingerprint density at radius 1 is 1.00 bits per heavy atom. The summed E-state index contributed by atoms with van der Waals surface area (Å²) in [7, 11) is -1.43. The zero-order valence-corrected chi connectivity index (χ0v) is 37.8. The van der Waals surface area contributed by atoms with E-state index in [-0.39, 0.29) is 41.2 Å². The molecule has 5 aliphatic rings. The van der Waals surface area contributed by atoms with Crippen molar-refractivity contribution in [1.29, 1.82) is 0 Å². The van der Waals surface area contributed by atoms with Gasteiger partial charge in [0.25, 0.3) is 0 Å². The second kappa shape index (κ2) is 15.8. The molecular formula is C42H70BN3O9Si. The molecule has 0 radical (unpaired) electrons. The number of nitrogens with zero attached hydrogens (tertiary/aromatic N) is 1. The Hall–Kier alpha value is -2.65. The number of hydrogen-bond acceptors (Lipinski definition) is 10. The van der Waals surface area contributed by atoms with Crippen molar-refractivity contribution in [3.63, 3.8) is 0 Å². The van der Waals surface area contributed by atoms with Crippen LogP contribution in [0.1, 0.15) is 118 Å². The van der Waals surface area contributed by atoms with Crippen molar-refractivity contribution in [3.8, 4) is 5.75 Å². The summed E-state index contributed by atoms with van der Waals surface area (Å²) in [5, 5.41) is 6.33. The molecule has 6 rings (SSSR count). The molecule has 14 heteroatoms. The molecule has 3 aliphatic carbocycles. The number of hydrogen-bond donors (Lipinski definition) is 2. The van der Waals surface area contributed by atoms with Crippen LogP contribution in [0.5, 0.6) is 5.75 Å². The first-order valence-corrected chi connectivity index (χ1v) is 23.5. The molecule has 0 aromatic heterocycles. The molecule has 12 nitrogen and oxygen atoms in total. The first-order valence-electron chi connectivity index (χ1n) is 20.5. The SMILES string of the molecule is COc1c(CC(NC(=O)CN2CCC(NC(=O)OC(C)(C)C)C(O[Si](C)(C)C(C)(C)C)C2)B2OC3CC4CC(C4(C)C)C3(C)O2)cccc1C(=O)OC(C)(C)C. The van der Waals surface area contributed by atoms with E-state index in [0.717, 1.165) is 18.4 Å². The van der Waals surface area contributed by atoms with E-state index in [1.165, 1.54) is 7.11 Å². The number of methoxy groups -OCH3 is 1. The van der Waals surface area contributed by atoms with Crippen LogP contribution in [0.4, 0.5) is 4.79 Å². The zero-order valence-electron chi connectivity index (χ0n) is 36.8. The van der Waals surface area contributed by atoms with Gasteiger partial charge in [0.05, 0.1) is 43.4 Å². The van der Waals surface area contributed by atoms with Gasteiger partial charge in [0.1, 0.15) is 22.5 Å². The molecule has 2 saturated heterocycles. The van der Waals surface area contributed by atoms with Gasteiger partial charge in [0.15, 0.2) is 8.32 Å². The number of piperidine rings is 1. The normalized spacial score (nSPS) is 28.4. The summed E-state index contributed by atoms with van der Waals surface area (Å²) in [5.41, 5.74) is -0.594. The van der Waals surface area contributed by atoms with Gasteiger partial charge >= 0.3 is 19.2 Å². The van der Waals surface area contributed by atoms with Crippen molar-refractivity contribution < 1.29 is 42.3 Å². The lowest BCUT2D eigenvalue weighted by atomic mass is 9.43. The molecule has 1 aromatic carbocycles. The van der Waals surface area contributed by atoms with Gasteiger partial charge in [0.2, 0.25) is 5.91 Å². The molecule has 2 bridgehead atoms. The largest absolute Gasteiger partial charge is 0.496 e. The van der Waals surface area contributed by atoms with Crippen LogP contribution in [0.3, 0.4) is 0 Å². The third kappa shape index (κ3) is 9.78. The number of likely N-dealkylation sites (tertiary alicyclic amines) is 1. The quantitative estimate of drug-likeness (QED) is 0.179. The minimum Gasteiger partial charge on any atom is -0.496 e. The number of esters is 1. The molecule has 3 saturated carbocycles. The lowest BCUT2D eigenvalue weighted by Crippen LogP contribution is -2.65. The molecule has 2 amide bonds. The highest BCUT2D eigenvalue weighted by Gasteiger charge is 2.68. The van der Waals surface area contributed by atoms with Gasteiger partial charge in [-0.25, -0.2) is 9.59 Å². The highest BCUT2D eigenvalue weighted by molar-refractivity contribution is 6.74. The topological polar surface area (TPSA) is 134 Å². The first kappa shape index (κ1) is 44.5. The summed E-state index contributed by atoms with van der Waals surface area (Å²) in [6.45, 7) is 30.0. The minimum absolute atomic E-state index is 0.0526. The molecule has 56 heavy (non-hydrogen) atoms. The predicted molar refractivity (Wildman–Crippen MR) is 220 cm³/mol. The smallest absolute Gasteiger partial charge is 0.482 e. The van der Waals surface area contributed by atoms with E-state index < -0.39 is 50.2 Å². The number of ether oxygens (including phenoxy) is 3. The fourth-order valence-electron chi connectivity index (χ4n) is 8.88. The Morgan fingerprint density at radius 3 is 2.25 bits per heavy atom. The van der Waals surface area contributed by atoms with E-state index in [4.69, 9.17) is 27.9 Å². The monoisotopic (exact) mass is 799 g/mol. The number of amides is 2. The Labute approximate surface area is 337 Å². The first-order chi connectivity index (χ1) is 25.6. The molecule has 7 atom stereocenters. The van der Waals surface area contributed by atoms with E-state index in [1.54, 1.807) is 6.07 Å². The lowest BCUT2D eigenvalue weighted by molar-refractivity contribution is -0.199. The van der Waals surface area contributed by atoms with Gasteiger partial charge in [-0.1, -0.05) is 46.8 Å². The maximum atomic E-state index is 14.2. The van der Waals surface area contributed by atoms with Gasteiger partial charge in [-0.05, 0) is 121 Å². The summed E-state index contributed by atoms with van der Waals surface area (Å²) in [5.74, 6) is 0.0673. The predicted octanol–water partition coefficient (Wildman–Crippen LogP) is 6.93. The van der Waals surface area contributed by atoms with Crippen molar-refractivity contribution in [1.82, 2.24) is 15.5 Å². The van der Waals surface area contributed by atoms with E-state index >= 15 is 0 Å². The third-order valence-corrected chi connectivity index (χ3v) is 17.5. The Kier molecular flexibility index (Phi) is 12.6. The number of alkyl carbamates (subject to hydrolysis) is 1. The molecule has 7 unspecified atom stereocenters. The lowest BCUT2D eigenvalue weighted by Gasteiger charge is -2.64. The summed E-state index contributed by atoms with van der Waals surface area (Å²) >= 11 is 0. The fraction of sp³-hybridized carbons (Fsp3) is 0.786. The van der Waals surface area contributed by atoms with Gasteiger partial charge in [0, 0.05) is 13.1 Å². The zero-order chi connectivity index (χ0) is 41.8. The Morgan fingerprint density at radius 2 is 1.66 bits per heavy atom. The molecule has 1 aromatic rings. The van der Waals surface area contributed by atoms with Crippen molar-refractivity contribution >= 4 is 33.4 Å². The highest BCUT2D eigenvalue weighted by atomic mass is 28.4. The van der Waals surface area contributed by atoms with Crippen LogP contribution in [0.2, 0.25) is 18.1 Å². The number of rotatable bonds is 11. The molecule has 0 spiro atoms. The number of carbonyl (C=O) groups excluding carboxylic acids is 3. The van der Waals surface area contributed by atoms with Crippen LogP contribution in [-0.4, -0.2) is 106 Å². The second-order valence-corrected chi connectivity index (χ2v) is 25.7. The van der Waals surface area contributed by atoms with Crippen LogP contribution in [0.15, 0.2) is 18.2 Å². The molecule has 2 aliphatic heterocycles. The van der Waals surface area contributed by atoms with Crippen LogP contribution in [-0.2, 0) is 34.4 Å². The molecule has 314 valence electrons. The average molecular weight is 800 g/mol. The summed E-state index contributed by atoms with van der Waals surface area (Å²) in [6.07, 6.45) is 2.03. The van der Waals surface area contributed by atoms with Gasteiger partial charge in [-0.15, -0.1) is 0 Å². The van der Waals surface area contributed by atoms with Crippen LogP contribution < -0.4 is 15.4 Å². The minimum atomic E-state index is -2.26. The Balaban J connectivity index is 1.37. The Bertz CT molecular complexity index is 1620. The van der Waals surface area contributed by atoms with E-state index in [0.29, 0.717) is 49.1 Å². The fourth-order valence-corrected chi connectivity index (χ4v) is 10.2. The van der Waals surface area contributed by atoms with Crippen molar-refractivity contribution in [2.24, 2.45) is 17.3 Å². The van der Waals surface area contributed by atoms with Gasteiger partial charge < -0.3 is 38.6 Å². The van der Waals surface area contributed by atoms with E-state index in [1.807, 2.05) is 53.7 Å². The van der Waals surface area contributed by atoms with Crippen molar-refractivity contribution in [2.45, 2.75) is 168 Å². The molecule has 2 heterocycles. The van der Waals surface area contributed by atoms with Crippen LogP contribution in [0.25, 0.3) is 0 Å². The summed E-state index contributed by atoms with van der Waals surface area (Å²) in [4.78, 5) is 42.5. The van der Waals surface area contributed by atoms with E-state index in [2.05, 4.69) is 70.2 Å². The van der Waals surface area contributed by atoms with Crippen LogP contribution >= 0.6 is 0 Å². The highest BCUT2D eigenvalue weighted by Crippen LogP contribution is 2.65. The third-order valence-electron chi connectivity index (χ3n) is 13.0. The molecular weight excluding hydrogens is 729 g/mol. The van der Waals surface area contributed by atoms with Crippen molar-refractivity contribution in [3.05, 3.63) is 29.3 Å². The second-order valence-electron chi connectivity index (χ2n) is 20.9. The number of para-hydroxylation sites is 1. The number of nitrogens with one attached hydrogen (secondary N) is 2. The van der Waals surface area contributed by atoms with E-state index in [9.17, 15) is 14.4 Å². The molecule has 5 fully saturated rings. The number of benzene rings is 1. The summed E-state index contributed by atoms with van der Waals surface area (Å²) in [6, 6.07) is 5.14. The molecule has 2 N–H and O–H groups in total. The van der Waals surface area contributed by atoms with Gasteiger partial charge in [-0.3, -0.25) is 9.69 Å². The standard InChI is InChI=1S/C42H70BN3O9Si/c1-38(2,3)51-36(48)28-18-16-17-26(35(28)50-13)21-33(43-53-32-23-27-22-31(41(27,10)11)42(32,12)55-43)45-34(47)25-46-20-19-29(44-37(49)52-39(4,5)6)30(24-46)54-56(14,15)40(7,8)9/h16-18,27,29-33H,19-25H2,1-15H3,(H,44,49)(H,45,47). The maximum absolute atomic E-state index is 14.2. The summed E-state index contributed by atoms with van der Waals surface area (Å²) < 4.78 is 37.8. The number of carbonyl (C=O) groups is 3.